The summed E-state index contributed by atoms with van der Waals surface area (Å²) in [4.78, 5) is 18.1. The fraction of sp³-hybridized carbons (Fsp3) is 0.419. The van der Waals surface area contributed by atoms with Gasteiger partial charge in [0.05, 0.1) is 37.9 Å². The normalized spacial score (nSPS) is 18.3. The van der Waals surface area contributed by atoms with E-state index in [9.17, 15) is 15.0 Å². The van der Waals surface area contributed by atoms with Crippen molar-refractivity contribution in [3.8, 4) is 23.3 Å². The zero-order valence-corrected chi connectivity index (χ0v) is 23.2. The van der Waals surface area contributed by atoms with Gasteiger partial charge in [0.15, 0.2) is 0 Å². The summed E-state index contributed by atoms with van der Waals surface area (Å²) in [6.07, 6.45) is 4.18. The van der Waals surface area contributed by atoms with E-state index in [2.05, 4.69) is 21.7 Å². The van der Waals surface area contributed by atoms with Crippen LogP contribution in [0.15, 0.2) is 48.7 Å². The van der Waals surface area contributed by atoms with Gasteiger partial charge in [0.2, 0.25) is 0 Å². The molecule has 1 saturated heterocycles. The van der Waals surface area contributed by atoms with Gasteiger partial charge in [0.1, 0.15) is 11.5 Å². The van der Waals surface area contributed by atoms with Crippen LogP contribution >= 0.6 is 11.6 Å². The highest BCUT2D eigenvalue weighted by Gasteiger charge is 2.30. The SMILES string of the molecule is COc1ccc2nccc(C(O)CC[C@@H]3CCN(CC#Cc4cc(Cl)ccc4OC)C[C@@H]3CCC(=O)O)c2c1. The summed E-state index contributed by atoms with van der Waals surface area (Å²) < 4.78 is 10.7. The highest BCUT2D eigenvalue weighted by atomic mass is 35.5. The maximum Gasteiger partial charge on any atom is 0.303 e. The molecule has 1 aliphatic rings. The van der Waals surface area contributed by atoms with Crippen molar-refractivity contribution in [1.29, 1.82) is 0 Å². The van der Waals surface area contributed by atoms with Crippen LogP contribution in [-0.2, 0) is 4.79 Å². The topological polar surface area (TPSA) is 92.1 Å². The third kappa shape index (κ3) is 7.63. The molecular formula is C31H35ClN2O5. The predicted molar refractivity (Wildman–Crippen MR) is 152 cm³/mol. The molecule has 3 aromatic rings. The second-order valence-electron chi connectivity index (χ2n) is 10.00. The van der Waals surface area contributed by atoms with E-state index < -0.39 is 12.1 Å². The monoisotopic (exact) mass is 550 g/mol. The number of hydrogen-bond donors (Lipinski definition) is 2. The number of piperidine rings is 1. The van der Waals surface area contributed by atoms with E-state index >= 15 is 0 Å². The maximum atomic E-state index is 11.4. The number of aliphatic hydroxyl groups is 1. The summed E-state index contributed by atoms with van der Waals surface area (Å²) in [5, 5.41) is 22.0. The molecule has 1 aromatic heterocycles. The van der Waals surface area contributed by atoms with Crippen LogP contribution in [-0.4, -0.2) is 59.9 Å². The quantitative estimate of drug-likeness (QED) is 0.319. The van der Waals surface area contributed by atoms with E-state index in [1.165, 1.54) is 0 Å². The van der Waals surface area contributed by atoms with Crippen molar-refractivity contribution < 1.29 is 24.5 Å². The number of pyridine rings is 1. The van der Waals surface area contributed by atoms with Crippen LogP contribution in [0, 0.1) is 23.7 Å². The molecule has 0 amide bonds. The van der Waals surface area contributed by atoms with Crippen LogP contribution in [0.1, 0.15) is 49.3 Å². The fourth-order valence-electron chi connectivity index (χ4n) is 5.43. The molecule has 0 spiro atoms. The molecule has 4 rings (SSSR count). The molecule has 7 nitrogen and oxygen atoms in total. The first kappa shape index (κ1) is 28.7. The van der Waals surface area contributed by atoms with Gasteiger partial charge in [-0.05, 0) is 92.1 Å². The summed E-state index contributed by atoms with van der Waals surface area (Å²) in [7, 11) is 3.23. The molecule has 1 unspecified atom stereocenters. The van der Waals surface area contributed by atoms with Gasteiger partial charge >= 0.3 is 5.97 Å². The molecule has 2 aromatic carbocycles. The Bertz CT molecular complexity index is 1350. The molecule has 2 N–H and O–H groups in total. The van der Waals surface area contributed by atoms with Gasteiger partial charge in [0, 0.05) is 29.6 Å². The van der Waals surface area contributed by atoms with Gasteiger partial charge in [-0.25, -0.2) is 0 Å². The van der Waals surface area contributed by atoms with Crippen molar-refractivity contribution in [2.24, 2.45) is 11.8 Å². The largest absolute Gasteiger partial charge is 0.497 e. The smallest absolute Gasteiger partial charge is 0.303 e. The molecule has 1 fully saturated rings. The van der Waals surface area contributed by atoms with Crippen molar-refractivity contribution in [2.75, 3.05) is 33.9 Å². The summed E-state index contributed by atoms with van der Waals surface area (Å²) in [5.74, 6) is 7.58. The summed E-state index contributed by atoms with van der Waals surface area (Å²) in [6.45, 7) is 2.24. The minimum absolute atomic E-state index is 0.137. The number of rotatable bonds is 10. The van der Waals surface area contributed by atoms with E-state index in [1.807, 2.05) is 24.3 Å². The molecule has 0 bridgehead atoms. The highest BCUT2D eigenvalue weighted by Crippen LogP contribution is 2.35. The lowest BCUT2D eigenvalue weighted by Crippen LogP contribution is -2.41. The van der Waals surface area contributed by atoms with Gasteiger partial charge in [-0.1, -0.05) is 23.4 Å². The van der Waals surface area contributed by atoms with E-state index in [1.54, 1.807) is 38.6 Å². The van der Waals surface area contributed by atoms with Gasteiger partial charge in [0.25, 0.3) is 0 Å². The van der Waals surface area contributed by atoms with Crippen LogP contribution in [0.25, 0.3) is 10.9 Å². The number of aromatic nitrogens is 1. The number of aliphatic carboxylic acids is 1. The lowest BCUT2D eigenvalue weighted by molar-refractivity contribution is -0.137. The van der Waals surface area contributed by atoms with E-state index in [0.29, 0.717) is 36.1 Å². The van der Waals surface area contributed by atoms with Crippen LogP contribution in [0.3, 0.4) is 0 Å². The Morgan fingerprint density at radius 1 is 1.15 bits per heavy atom. The number of methoxy groups -OCH3 is 2. The lowest BCUT2D eigenvalue weighted by atomic mass is 9.79. The molecule has 39 heavy (non-hydrogen) atoms. The number of carboxylic acids is 1. The zero-order valence-electron chi connectivity index (χ0n) is 22.4. The third-order valence-electron chi connectivity index (χ3n) is 7.54. The molecule has 0 radical (unpaired) electrons. The number of hydrogen-bond acceptors (Lipinski definition) is 6. The molecule has 8 heteroatoms. The van der Waals surface area contributed by atoms with Crippen molar-refractivity contribution in [3.05, 3.63) is 64.8 Å². The van der Waals surface area contributed by atoms with E-state index in [4.69, 9.17) is 21.1 Å². The molecule has 0 aliphatic carbocycles. The Morgan fingerprint density at radius 2 is 2.00 bits per heavy atom. The summed E-state index contributed by atoms with van der Waals surface area (Å²) >= 11 is 6.12. The Morgan fingerprint density at radius 3 is 2.77 bits per heavy atom. The second-order valence-corrected chi connectivity index (χ2v) is 10.4. The molecule has 0 saturated carbocycles. The first-order valence-corrected chi connectivity index (χ1v) is 13.6. The van der Waals surface area contributed by atoms with Crippen LogP contribution in [0.5, 0.6) is 11.5 Å². The maximum absolute atomic E-state index is 11.4. The van der Waals surface area contributed by atoms with Crippen molar-refractivity contribution in [1.82, 2.24) is 9.88 Å². The first-order valence-electron chi connectivity index (χ1n) is 13.2. The summed E-state index contributed by atoms with van der Waals surface area (Å²) in [5.41, 5.74) is 2.40. The highest BCUT2D eigenvalue weighted by molar-refractivity contribution is 6.30. The number of carboxylic acid groups (broad SMARTS) is 1. The molecule has 206 valence electrons. The number of benzene rings is 2. The van der Waals surface area contributed by atoms with E-state index in [0.717, 1.165) is 53.7 Å². The van der Waals surface area contributed by atoms with Gasteiger partial charge in [-0.3, -0.25) is 14.7 Å². The number of likely N-dealkylation sites (tertiary alicyclic amines) is 1. The standard InChI is InChI=1S/C31H35ClN2O5/c1-38-25-8-9-28-27(19-25)26(13-15-33-28)29(35)10-5-21-14-17-34(20-23(21)6-12-31(36)37)16-3-4-22-18-24(32)7-11-30(22)39-2/h7-9,11,13,15,18-19,21,23,29,35H,5-6,10,12,14,16-17,20H2,1-2H3,(H,36,37)/t21-,23+,29?/m1/s1. The predicted octanol–water partition coefficient (Wildman–Crippen LogP) is 5.57. The molecular weight excluding hydrogens is 516 g/mol. The number of carbonyl (C=O) groups is 1. The number of aliphatic hydroxyl groups excluding tert-OH is 1. The average Bonchev–Trinajstić information content (AvgIpc) is 2.94. The Hall–Kier alpha value is -3.31. The molecule has 3 atom stereocenters. The van der Waals surface area contributed by atoms with Crippen LogP contribution in [0.2, 0.25) is 5.02 Å². The Labute approximate surface area is 234 Å². The summed E-state index contributed by atoms with van der Waals surface area (Å²) in [6, 6.07) is 12.9. The minimum Gasteiger partial charge on any atom is -0.497 e. The third-order valence-corrected chi connectivity index (χ3v) is 7.78. The number of nitrogens with zero attached hydrogens (tertiary/aromatic N) is 2. The second kappa shape index (κ2) is 13.7. The van der Waals surface area contributed by atoms with Crippen LogP contribution < -0.4 is 9.47 Å². The zero-order chi connectivity index (χ0) is 27.8. The van der Waals surface area contributed by atoms with Gasteiger partial charge in [-0.2, -0.15) is 0 Å². The lowest BCUT2D eigenvalue weighted by Gasteiger charge is -2.38. The fourth-order valence-corrected chi connectivity index (χ4v) is 5.60. The Balaban J connectivity index is 1.41. The van der Waals surface area contributed by atoms with Gasteiger partial charge < -0.3 is 19.7 Å². The minimum atomic E-state index is -0.782. The van der Waals surface area contributed by atoms with Gasteiger partial charge in [-0.15, -0.1) is 0 Å². The molecule has 1 aliphatic heterocycles. The van der Waals surface area contributed by atoms with Crippen molar-refractivity contribution in [2.45, 2.75) is 38.2 Å². The Kier molecular flexibility index (Phi) is 10.0. The van der Waals surface area contributed by atoms with Crippen molar-refractivity contribution >= 4 is 28.5 Å². The molecule has 2 heterocycles. The number of fused-ring (bicyclic) bond motifs is 1. The first-order chi connectivity index (χ1) is 18.9. The van der Waals surface area contributed by atoms with Crippen molar-refractivity contribution in [3.63, 3.8) is 0 Å². The number of halogens is 1. The number of ether oxygens (including phenoxy) is 2. The van der Waals surface area contributed by atoms with Crippen LogP contribution in [0.4, 0.5) is 0 Å². The van der Waals surface area contributed by atoms with E-state index in [-0.39, 0.29) is 12.3 Å². The average molecular weight is 551 g/mol.